The number of H-pyrrole nitrogens is 1. The van der Waals surface area contributed by atoms with E-state index < -0.39 is 0 Å². The van der Waals surface area contributed by atoms with Gasteiger partial charge in [-0.15, -0.1) is 0 Å². The fourth-order valence-corrected chi connectivity index (χ4v) is 2.06. The highest BCUT2D eigenvalue weighted by Gasteiger charge is 2.13. The van der Waals surface area contributed by atoms with E-state index in [-0.39, 0.29) is 5.69 Å². The summed E-state index contributed by atoms with van der Waals surface area (Å²) in [5.41, 5.74) is 0.322. The van der Waals surface area contributed by atoms with Crippen LogP contribution in [-0.2, 0) is 0 Å². The molecule has 0 unspecified atom stereocenters. The van der Waals surface area contributed by atoms with Gasteiger partial charge in [-0.3, -0.25) is 0 Å². The standard InChI is InChI=1S/C10H14N6O/c17-10-15-14-9-5-8(12-6-16(9)10)13-7-1-3-11-4-2-7/h5-7,11,13H,1-4H2,(H,15,17). The van der Waals surface area contributed by atoms with Crippen molar-refractivity contribution >= 4 is 11.5 Å². The summed E-state index contributed by atoms with van der Waals surface area (Å²) in [7, 11) is 0. The number of nitrogens with zero attached hydrogens (tertiary/aromatic N) is 3. The first kappa shape index (κ1) is 10.3. The Hall–Kier alpha value is -1.89. The normalized spacial score (nSPS) is 17.4. The molecule has 0 spiro atoms. The van der Waals surface area contributed by atoms with E-state index in [2.05, 4.69) is 25.8 Å². The molecule has 17 heavy (non-hydrogen) atoms. The lowest BCUT2D eigenvalue weighted by molar-refractivity contribution is 0.478. The summed E-state index contributed by atoms with van der Waals surface area (Å²) in [6, 6.07) is 2.22. The van der Waals surface area contributed by atoms with Gasteiger partial charge < -0.3 is 10.6 Å². The van der Waals surface area contributed by atoms with E-state index in [1.54, 1.807) is 6.07 Å². The van der Waals surface area contributed by atoms with E-state index >= 15 is 0 Å². The Labute approximate surface area is 97.3 Å². The fraction of sp³-hybridized carbons (Fsp3) is 0.500. The quantitative estimate of drug-likeness (QED) is 0.657. The van der Waals surface area contributed by atoms with Crippen LogP contribution in [0.3, 0.4) is 0 Å². The zero-order valence-electron chi connectivity index (χ0n) is 9.31. The molecule has 90 valence electrons. The number of nitrogens with one attached hydrogen (secondary N) is 3. The molecule has 2 aromatic heterocycles. The van der Waals surface area contributed by atoms with Crippen molar-refractivity contribution in [2.75, 3.05) is 18.4 Å². The molecular weight excluding hydrogens is 220 g/mol. The summed E-state index contributed by atoms with van der Waals surface area (Å²) < 4.78 is 1.38. The van der Waals surface area contributed by atoms with Crippen LogP contribution in [0.25, 0.3) is 5.65 Å². The Morgan fingerprint density at radius 1 is 1.41 bits per heavy atom. The zero-order chi connectivity index (χ0) is 11.7. The number of aromatic nitrogens is 4. The molecule has 0 bridgehead atoms. The van der Waals surface area contributed by atoms with Gasteiger partial charge in [0, 0.05) is 12.1 Å². The average Bonchev–Trinajstić information content (AvgIpc) is 2.72. The summed E-state index contributed by atoms with van der Waals surface area (Å²) in [6.45, 7) is 2.06. The van der Waals surface area contributed by atoms with Crippen molar-refractivity contribution in [2.24, 2.45) is 0 Å². The van der Waals surface area contributed by atoms with Gasteiger partial charge in [-0.25, -0.2) is 19.3 Å². The second kappa shape index (κ2) is 4.17. The van der Waals surface area contributed by atoms with Crippen LogP contribution in [0.1, 0.15) is 12.8 Å². The van der Waals surface area contributed by atoms with E-state index in [0.717, 1.165) is 31.7 Å². The first-order valence-corrected chi connectivity index (χ1v) is 5.73. The predicted octanol–water partition coefficient (Wildman–Crippen LogP) is -0.419. The van der Waals surface area contributed by atoms with Crippen molar-refractivity contribution in [1.82, 2.24) is 24.9 Å². The van der Waals surface area contributed by atoms with E-state index in [4.69, 9.17) is 0 Å². The largest absolute Gasteiger partial charge is 0.367 e. The van der Waals surface area contributed by atoms with Gasteiger partial charge in [-0.2, -0.15) is 5.10 Å². The molecule has 0 amide bonds. The molecule has 0 aromatic carbocycles. The van der Waals surface area contributed by atoms with Crippen LogP contribution in [0.4, 0.5) is 5.82 Å². The summed E-state index contributed by atoms with van der Waals surface area (Å²) in [5.74, 6) is 0.767. The molecule has 2 aromatic rings. The minimum atomic E-state index is -0.263. The second-order valence-electron chi connectivity index (χ2n) is 4.20. The van der Waals surface area contributed by atoms with Gasteiger partial charge in [0.1, 0.15) is 12.1 Å². The molecule has 1 saturated heterocycles. The maximum atomic E-state index is 11.3. The molecule has 1 aliphatic rings. The van der Waals surface area contributed by atoms with Gasteiger partial charge in [0.05, 0.1) is 0 Å². The van der Waals surface area contributed by atoms with Gasteiger partial charge in [0.25, 0.3) is 0 Å². The monoisotopic (exact) mass is 234 g/mol. The number of piperidine rings is 1. The Morgan fingerprint density at radius 3 is 3.06 bits per heavy atom. The SMILES string of the molecule is O=c1[nH]nc2cc(NC3CCNCC3)ncn12. The lowest BCUT2D eigenvalue weighted by Gasteiger charge is -2.23. The topological polar surface area (TPSA) is 87.1 Å². The van der Waals surface area contributed by atoms with Crippen LogP contribution >= 0.6 is 0 Å². The van der Waals surface area contributed by atoms with Crippen molar-refractivity contribution < 1.29 is 0 Å². The smallest absolute Gasteiger partial charge is 0.348 e. The Kier molecular flexibility index (Phi) is 2.52. The molecular formula is C10H14N6O. The minimum Gasteiger partial charge on any atom is -0.367 e. The van der Waals surface area contributed by atoms with Gasteiger partial charge in [-0.1, -0.05) is 0 Å². The van der Waals surface area contributed by atoms with E-state index in [1.807, 2.05) is 0 Å². The Bertz CT molecular complexity index is 567. The third kappa shape index (κ3) is 2.01. The molecule has 3 heterocycles. The van der Waals surface area contributed by atoms with Crippen LogP contribution in [-0.4, -0.2) is 38.7 Å². The number of aromatic amines is 1. The van der Waals surface area contributed by atoms with Crippen LogP contribution in [0.15, 0.2) is 17.2 Å². The molecule has 3 N–H and O–H groups in total. The molecule has 7 nitrogen and oxygen atoms in total. The van der Waals surface area contributed by atoms with Crippen molar-refractivity contribution in [1.29, 1.82) is 0 Å². The summed E-state index contributed by atoms with van der Waals surface area (Å²) in [6.07, 6.45) is 3.66. The molecule has 0 atom stereocenters. The van der Waals surface area contributed by atoms with Crippen molar-refractivity contribution in [2.45, 2.75) is 18.9 Å². The van der Waals surface area contributed by atoms with Crippen LogP contribution in [0.2, 0.25) is 0 Å². The number of hydrogen-bond donors (Lipinski definition) is 3. The van der Waals surface area contributed by atoms with Crippen LogP contribution in [0.5, 0.6) is 0 Å². The Balaban J connectivity index is 1.82. The highest BCUT2D eigenvalue weighted by Crippen LogP contribution is 2.11. The maximum absolute atomic E-state index is 11.3. The molecule has 1 fully saturated rings. The van der Waals surface area contributed by atoms with Crippen LogP contribution in [0, 0.1) is 0 Å². The highest BCUT2D eigenvalue weighted by molar-refractivity contribution is 5.48. The number of rotatable bonds is 2. The number of hydrogen-bond acceptors (Lipinski definition) is 5. The lowest BCUT2D eigenvalue weighted by Crippen LogP contribution is -2.35. The van der Waals surface area contributed by atoms with Gasteiger partial charge in [-0.05, 0) is 25.9 Å². The number of fused-ring (bicyclic) bond motifs is 1. The Morgan fingerprint density at radius 2 is 2.24 bits per heavy atom. The minimum absolute atomic E-state index is 0.263. The zero-order valence-corrected chi connectivity index (χ0v) is 9.31. The summed E-state index contributed by atoms with van der Waals surface area (Å²) in [4.78, 5) is 15.5. The van der Waals surface area contributed by atoms with Gasteiger partial charge in [0.2, 0.25) is 0 Å². The maximum Gasteiger partial charge on any atom is 0.348 e. The molecule has 1 aliphatic heterocycles. The summed E-state index contributed by atoms with van der Waals surface area (Å²) >= 11 is 0. The highest BCUT2D eigenvalue weighted by atomic mass is 16.1. The van der Waals surface area contributed by atoms with E-state index in [9.17, 15) is 4.79 Å². The first-order chi connectivity index (χ1) is 8.33. The van der Waals surface area contributed by atoms with Gasteiger partial charge >= 0.3 is 5.69 Å². The van der Waals surface area contributed by atoms with Crippen LogP contribution < -0.4 is 16.3 Å². The average molecular weight is 234 g/mol. The lowest BCUT2D eigenvalue weighted by atomic mass is 10.1. The second-order valence-corrected chi connectivity index (χ2v) is 4.20. The fourth-order valence-electron chi connectivity index (χ4n) is 2.06. The summed E-state index contributed by atoms with van der Waals surface area (Å²) in [5, 5.41) is 13.0. The molecule has 3 rings (SSSR count). The van der Waals surface area contributed by atoms with E-state index in [1.165, 1.54) is 10.7 Å². The van der Waals surface area contributed by atoms with E-state index in [0.29, 0.717) is 11.7 Å². The molecule has 0 radical (unpaired) electrons. The molecule has 7 heteroatoms. The predicted molar refractivity (Wildman–Crippen MR) is 63.1 cm³/mol. The number of anilines is 1. The van der Waals surface area contributed by atoms with Crippen molar-refractivity contribution in [3.05, 3.63) is 22.9 Å². The van der Waals surface area contributed by atoms with Crippen molar-refractivity contribution in [3.63, 3.8) is 0 Å². The molecule has 0 saturated carbocycles. The molecule has 0 aliphatic carbocycles. The first-order valence-electron chi connectivity index (χ1n) is 5.73. The van der Waals surface area contributed by atoms with Crippen molar-refractivity contribution in [3.8, 4) is 0 Å². The van der Waals surface area contributed by atoms with Gasteiger partial charge in [0.15, 0.2) is 5.65 Å². The third-order valence-electron chi connectivity index (χ3n) is 3.00. The third-order valence-corrected chi connectivity index (χ3v) is 3.00.